The molecule has 0 amide bonds. The van der Waals surface area contributed by atoms with Crippen molar-refractivity contribution < 1.29 is 4.74 Å². The Morgan fingerprint density at radius 2 is 1.85 bits per heavy atom. The maximum Gasteiger partial charge on any atom is 0.0503 e. The molecule has 1 rings (SSSR count). The molecule has 0 bridgehead atoms. The highest BCUT2D eigenvalue weighted by Gasteiger charge is 2.26. The first-order chi connectivity index (χ1) is 9.81. The zero-order chi connectivity index (χ0) is 14.6. The van der Waals surface area contributed by atoms with E-state index in [1.54, 1.807) is 0 Å². The molecule has 120 valence electrons. The summed E-state index contributed by atoms with van der Waals surface area (Å²) in [4.78, 5) is 2.60. The number of hydrogen-bond acceptors (Lipinski definition) is 3. The van der Waals surface area contributed by atoms with Gasteiger partial charge in [-0.2, -0.15) is 0 Å². The van der Waals surface area contributed by atoms with E-state index in [1.807, 2.05) is 7.11 Å². The van der Waals surface area contributed by atoms with Crippen LogP contribution in [0.15, 0.2) is 0 Å². The fourth-order valence-corrected chi connectivity index (χ4v) is 3.35. The van der Waals surface area contributed by atoms with E-state index in [-0.39, 0.29) is 0 Å². The van der Waals surface area contributed by atoms with Gasteiger partial charge in [-0.3, -0.25) is 4.90 Å². The molecular formula is C17H36N2O. The van der Waals surface area contributed by atoms with Crippen molar-refractivity contribution in [1.82, 2.24) is 4.90 Å². The van der Waals surface area contributed by atoms with Crippen LogP contribution < -0.4 is 5.73 Å². The smallest absolute Gasteiger partial charge is 0.0503 e. The predicted molar refractivity (Wildman–Crippen MR) is 87.0 cm³/mol. The Balaban J connectivity index is 2.07. The summed E-state index contributed by atoms with van der Waals surface area (Å²) in [6.45, 7) is 6.40. The summed E-state index contributed by atoms with van der Waals surface area (Å²) in [5.74, 6) is 0.725. The SMILES string of the molecule is CCCCCCCCCC(CN)N1CCC(COC)C1. The zero-order valence-electron chi connectivity index (χ0n) is 13.8. The highest BCUT2D eigenvalue weighted by atomic mass is 16.5. The third-order valence-electron chi connectivity index (χ3n) is 4.65. The van der Waals surface area contributed by atoms with Crippen molar-refractivity contribution >= 4 is 0 Å². The van der Waals surface area contributed by atoms with E-state index >= 15 is 0 Å². The average molecular weight is 284 g/mol. The molecule has 0 spiro atoms. The first kappa shape index (κ1) is 17.9. The molecule has 2 unspecified atom stereocenters. The van der Waals surface area contributed by atoms with Gasteiger partial charge in [0, 0.05) is 26.2 Å². The Hall–Kier alpha value is -0.120. The van der Waals surface area contributed by atoms with Crippen molar-refractivity contribution in [3.05, 3.63) is 0 Å². The normalized spacial score (nSPS) is 21.4. The van der Waals surface area contributed by atoms with E-state index < -0.39 is 0 Å². The summed E-state index contributed by atoms with van der Waals surface area (Å²) >= 11 is 0. The lowest BCUT2D eigenvalue weighted by Crippen LogP contribution is -2.39. The molecule has 0 aromatic heterocycles. The standard InChI is InChI=1S/C17H36N2O/c1-3-4-5-6-7-8-9-10-17(13-18)19-12-11-16(14-19)15-20-2/h16-17H,3-15,18H2,1-2H3. The molecule has 1 fully saturated rings. The summed E-state index contributed by atoms with van der Waals surface area (Å²) in [6.07, 6.45) is 12.3. The van der Waals surface area contributed by atoms with Gasteiger partial charge in [-0.05, 0) is 25.3 Å². The minimum Gasteiger partial charge on any atom is -0.384 e. The van der Waals surface area contributed by atoms with Gasteiger partial charge >= 0.3 is 0 Å². The van der Waals surface area contributed by atoms with Crippen molar-refractivity contribution in [2.24, 2.45) is 11.7 Å². The summed E-state index contributed by atoms with van der Waals surface area (Å²) in [7, 11) is 1.81. The maximum absolute atomic E-state index is 5.98. The zero-order valence-corrected chi connectivity index (χ0v) is 13.8. The van der Waals surface area contributed by atoms with Crippen molar-refractivity contribution in [3.63, 3.8) is 0 Å². The van der Waals surface area contributed by atoms with Gasteiger partial charge in [0.05, 0.1) is 6.61 Å². The number of ether oxygens (including phenoxy) is 1. The first-order valence-corrected chi connectivity index (χ1v) is 8.74. The minimum atomic E-state index is 0.604. The van der Waals surface area contributed by atoms with Gasteiger partial charge in [-0.15, -0.1) is 0 Å². The summed E-state index contributed by atoms with van der Waals surface area (Å²) in [6, 6.07) is 0.604. The molecular weight excluding hydrogens is 248 g/mol. The minimum absolute atomic E-state index is 0.604. The molecule has 20 heavy (non-hydrogen) atoms. The van der Waals surface area contributed by atoms with Gasteiger partial charge in [0.25, 0.3) is 0 Å². The van der Waals surface area contributed by atoms with Crippen molar-refractivity contribution in [3.8, 4) is 0 Å². The number of likely N-dealkylation sites (tertiary alicyclic amines) is 1. The van der Waals surface area contributed by atoms with Gasteiger partial charge in [-0.1, -0.05) is 51.9 Å². The number of nitrogens with zero attached hydrogens (tertiary/aromatic N) is 1. The van der Waals surface area contributed by atoms with Crippen LogP contribution in [-0.2, 0) is 4.74 Å². The molecule has 1 saturated heterocycles. The molecule has 1 heterocycles. The van der Waals surface area contributed by atoms with Gasteiger partial charge < -0.3 is 10.5 Å². The average Bonchev–Trinajstić information content (AvgIpc) is 2.91. The molecule has 2 N–H and O–H groups in total. The predicted octanol–water partition coefficient (Wildman–Crippen LogP) is 3.42. The fourth-order valence-electron chi connectivity index (χ4n) is 3.35. The molecule has 3 heteroatoms. The number of unbranched alkanes of at least 4 members (excludes halogenated alkanes) is 6. The van der Waals surface area contributed by atoms with Crippen LogP contribution in [0.5, 0.6) is 0 Å². The number of methoxy groups -OCH3 is 1. The van der Waals surface area contributed by atoms with Crippen molar-refractivity contribution in [2.45, 2.75) is 70.8 Å². The highest BCUT2D eigenvalue weighted by Crippen LogP contribution is 2.21. The van der Waals surface area contributed by atoms with Gasteiger partial charge in [0.1, 0.15) is 0 Å². The van der Waals surface area contributed by atoms with Crippen LogP contribution in [0.3, 0.4) is 0 Å². The third kappa shape index (κ3) is 7.05. The van der Waals surface area contributed by atoms with Gasteiger partial charge in [-0.25, -0.2) is 0 Å². The Morgan fingerprint density at radius 1 is 1.15 bits per heavy atom. The largest absolute Gasteiger partial charge is 0.384 e. The first-order valence-electron chi connectivity index (χ1n) is 8.74. The second-order valence-electron chi connectivity index (χ2n) is 6.40. The summed E-state index contributed by atoms with van der Waals surface area (Å²) < 4.78 is 5.27. The van der Waals surface area contributed by atoms with E-state index in [4.69, 9.17) is 10.5 Å². The Morgan fingerprint density at radius 3 is 2.50 bits per heavy atom. The molecule has 0 radical (unpaired) electrons. The fraction of sp³-hybridized carbons (Fsp3) is 1.00. The molecule has 0 aliphatic carbocycles. The Kier molecular flexibility index (Phi) is 10.3. The van der Waals surface area contributed by atoms with E-state index in [1.165, 1.54) is 70.9 Å². The van der Waals surface area contributed by atoms with E-state index in [2.05, 4.69) is 11.8 Å². The van der Waals surface area contributed by atoms with Gasteiger partial charge in [0.15, 0.2) is 0 Å². The quantitative estimate of drug-likeness (QED) is 0.558. The Bertz CT molecular complexity index is 223. The van der Waals surface area contributed by atoms with Crippen molar-refractivity contribution in [1.29, 1.82) is 0 Å². The molecule has 2 atom stereocenters. The molecule has 1 aliphatic heterocycles. The van der Waals surface area contributed by atoms with Crippen LogP contribution in [0.1, 0.15) is 64.7 Å². The van der Waals surface area contributed by atoms with Crippen LogP contribution in [-0.4, -0.2) is 44.3 Å². The maximum atomic E-state index is 5.98. The molecule has 0 saturated carbocycles. The van der Waals surface area contributed by atoms with Crippen LogP contribution in [0.25, 0.3) is 0 Å². The molecule has 0 aromatic carbocycles. The van der Waals surface area contributed by atoms with Crippen LogP contribution in [0.4, 0.5) is 0 Å². The van der Waals surface area contributed by atoms with Crippen LogP contribution in [0, 0.1) is 5.92 Å². The van der Waals surface area contributed by atoms with E-state index in [0.29, 0.717) is 6.04 Å². The lowest BCUT2D eigenvalue weighted by molar-refractivity contribution is 0.145. The second-order valence-corrected chi connectivity index (χ2v) is 6.40. The third-order valence-corrected chi connectivity index (χ3v) is 4.65. The monoisotopic (exact) mass is 284 g/mol. The van der Waals surface area contributed by atoms with Crippen LogP contribution in [0.2, 0.25) is 0 Å². The van der Waals surface area contributed by atoms with Crippen molar-refractivity contribution in [2.75, 3.05) is 33.4 Å². The Labute approximate surface area is 126 Å². The lowest BCUT2D eigenvalue weighted by Gasteiger charge is -2.26. The van der Waals surface area contributed by atoms with Gasteiger partial charge in [0.2, 0.25) is 0 Å². The molecule has 3 nitrogen and oxygen atoms in total. The van der Waals surface area contributed by atoms with E-state index in [9.17, 15) is 0 Å². The lowest BCUT2D eigenvalue weighted by atomic mass is 10.0. The van der Waals surface area contributed by atoms with E-state index in [0.717, 1.165) is 19.1 Å². The second kappa shape index (κ2) is 11.5. The number of rotatable bonds is 12. The molecule has 1 aliphatic rings. The topological polar surface area (TPSA) is 38.5 Å². The summed E-state index contributed by atoms with van der Waals surface area (Å²) in [5, 5.41) is 0. The molecule has 0 aromatic rings. The highest BCUT2D eigenvalue weighted by molar-refractivity contribution is 4.82. The number of hydrogen-bond donors (Lipinski definition) is 1. The summed E-state index contributed by atoms with van der Waals surface area (Å²) in [5.41, 5.74) is 5.98. The van der Waals surface area contributed by atoms with Crippen LogP contribution >= 0.6 is 0 Å². The number of nitrogens with two attached hydrogens (primary N) is 1.